The van der Waals surface area contributed by atoms with Gasteiger partial charge in [0, 0.05) is 36.0 Å². The van der Waals surface area contributed by atoms with E-state index in [2.05, 4.69) is 4.98 Å². The predicted molar refractivity (Wildman–Crippen MR) is 64.8 cm³/mol. The van der Waals surface area contributed by atoms with Crippen molar-refractivity contribution in [3.8, 4) is 0 Å². The normalized spacial score (nSPS) is 12.4. The number of hydrogen-bond acceptors (Lipinski definition) is 4. The summed E-state index contributed by atoms with van der Waals surface area (Å²) >= 11 is 0. The zero-order valence-electron chi connectivity index (χ0n) is 9.65. The van der Waals surface area contributed by atoms with Crippen LogP contribution in [0, 0.1) is 5.92 Å². The number of nitrogens with zero attached hydrogens (tertiary/aromatic N) is 1. The number of nitrogens with two attached hydrogens (primary N) is 2. The zero-order chi connectivity index (χ0) is 12.0. The number of Topliss-reactive ketones (excluding diaryl/α,β-unsaturated/α-hetero) is 1. The molecule has 0 saturated heterocycles. The Morgan fingerprint density at radius 3 is 2.94 bits per heavy atom. The Hall–Kier alpha value is -1.42. The summed E-state index contributed by atoms with van der Waals surface area (Å²) in [5.41, 5.74) is 12.6. The fourth-order valence-corrected chi connectivity index (χ4v) is 1.53. The van der Waals surface area contributed by atoms with Gasteiger partial charge in [0.2, 0.25) is 0 Å². The maximum absolute atomic E-state index is 11.8. The molecule has 4 N–H and O–H groups in total. The number of rotatable bonds is 6. The molecule has 1 aromatic rings. The van der Waals surface area contributed by atoms with Crippen LogP contribution in [0.2, 0.25) is 0 Å². The minimum Gasteiger partial charge on any atom is -0.398 e. The molecule has 1 heterocycles. The maximum atomic E-state index is 11.8. The molecule has 1 atom stereocenters. The average Bonchev–Trinajstić information content (AvgIpc) is 2.28. The number of pyridine rings is 1. The Labute approximate surface area is 96.0 Å². The van der Waals surface area contributed by atoms with E-state index in [0.29, 0.717) is 18.7 Å². The van der Waals surface area contributed by atoms with Gasteiger partial charge >= 0.3 is 0 Å². The summed E-state index contributed by atoms with van der Waals surface area (Å²) < 4.78 is 0. The lowest BCUT2D eigenvalue weighted by atomic mass is 9.95. The fourth-order valence-electron chi connectivity index (χ4n) is 1.53. The molecule has 4 nitrogen and oxygen atoms in total. The van der Waals surface area contributed by atoms with E-state index in [1.54, 1.807) is 18.5 Å². The first-order valence-electron chi connectivity index (χ1n) is 5.56. The van der Waals surface area contributed by atoms with E-state index in [9.17, 15) is 4.79 Å². The van der Waals surface area contributed by atoms with E-state index in [4.69, 9.17) is 11.5 Å². The van der Waals surface area contributed by atoms with Crippen molar-refractivity contribution in [2.45, 2.75) is 26.2 Å². The molecular weight excluding hydrogens is 202 g/mol. The molecule has 0 aliphatic heterocycles. The van der Waals surface area contributed by atoms with Crippen molar-refractivity contribution in [3.05, 3.63) is 24.0 Å². The highest BCUT2D eigenvalue weighted by Crippen LogP contribution is 2.14. The van der Waals surface area contributed by atoms with Crippen molar-refractivity contribution in [3.63, 3.8) is 0 Å². The second-order valence-corrected chi connectivity index (χ2v) is 4.05. The molecule has 0 radical (unpaired) electrons. The van der Waals surface area contributed by atoms with Gasteiger partial charge in [-0.3, -0.25) is 9.78 Å². The monoisotopic (exact) mass is 221 g/mol. The van der Waals surface area contributed by atoms with Crippen LogP contribution < -0.4 is 11.5 Å². The van der Waals surface area contributed by atoms with Gasteiger partial charge in [-0.1, -0.05) is 6.92 Å². The molecule has 0 aliphatic carbocycles. The smallest absolute Gasteiger partial charge is 0.140 e. The van der Waals surface area contributed by atoms with E-state index in [-0.39, 0.29) is 11.7 Å². The van der Waals surface area contributed by atoms with Crippen molar-refractivity contribution in [2.75, 3.05) is 12.3 Å². The molecule has 0 aromatic carbocycles. The molecule has 1 unspecified atom stereocenters. The SMILES string of the molecule is CC(CCCN)C(=O)Cc1cnccc1N. The summed E-state index contributed by atoms with van der Waals surface area (Å²) in [4.78, 5) is 15.8. The summed E-state index contributed by atoms with van der Waals surface area (Å²) in [6.07, 6.45) is 5.38. The van der Waals surface area contributed by atoms with Crippen LogP contribution in [0.3, 0.4) is 0 Å². The van der Waals surface area contributed by atoms with Gasteiger partial charge in [0.05, 0.1) is 0 Å². The summed E-state index contributed by atoms with van der Waals surface area (Å²) in [5.74, 6) is 0.247. The van der Waals surface area contributed by atoms with Gasteiger partial charge in [-0.2, -0.15) is 0 Å². The van der Waals surface area contributed by atoms with Gasteiger partial charge in [-0.05, 0) is 25.5 Å². The maximum Gasteiger partial charge on any atom is 0.140 e. The lowest BCUT2D eigenvalue weighted by molar-refractivity contribution is -0.121. The zero-order valence-corrected chi connectivity index (χ0v) is 9.65. The molecule has 88 valence electrons. The highest BCUT2D eigenvalue weighted by molar-refractivity contribution is 5.84. The number of nitrogen functional groups attached to an aromatic ring is 1. The lowest BCUT2D eigenvalue weighted by Gasteiger charge is -2.10. The van der Waals surface area contributed by atoms with Crippen LogP contribution in [0.5, 0.6) is 0 Å². The van der Waals surface area contributed by atoms with Crippen molar-refractivity contribution in [1.29, 1.82) is 0 Å². The van der Waals surface area contributed by atoms with Crippen molar-refractivity contribution < 1.29 is 4.79 Å². The van der Waals surface area contributed by atoms with Crippen molar-refractivity contribution in [2.24, 2.45) is 11.7 Å². The van der Waals surface area contributed by atoms with Gasteiger partial charge < -0.3 is 11.5 Å². The van der Waals surface area contributed by atoms with Crippen molar-refractivity contribution in [1.82, 2.24) is 4.98 Å². The van der Waals surface area contributed by atoms with Gasteiger partial charge in [-0.15, -0.1) is 0 Å². The number of carbonyl (C=O) groups is 1. The van der Waals surface area contributed by atoms with E-state index < -0.39 is 0 Å². The fraction of sp³-hybridized carbons (Fsp3) is 0.500. The second kappa shape index (κ2) is 6.23. The molecule has 0 amide bonds. The van der Waals surface area contributed by atoms with Crippen LogP contribution in [0.1, 0.15) is 25.3 Å². The topological polar surface area (TPSA) is 82.0 Å². The molecule has 16 heavy (non-hydrogen) atoms. The van der Waals surface area contributed by atoms with Crippen LogP contribution in [0.15, 0.2) is 18.5 Å². The summed E-state index contributed by atoms with van der Waals surface area (Å²) in [5, 5.41) is 0. The Bertz CT molecular complexity index is 352. The molecule has 4 heteroatoms. The first kappa shape index (κ1) is 12.6. The highest BCUT2D eigenvalue weighted by atomic mass is 16.1. The number of anilines is 1. The first-order chi connectivity index (χ1) is 7.65. The molecular formula is C12H19N3O. The molecule has 1 rings (SSSR count). The Morgan fingerprint density at radius 1 is 1.56 bits per heavy atom. The van der Waals surface area contributed by atoms with E-state index in [0.717, 1.165) is 18.4 Å². The minimum atomic E-state index is 0.0446. The number of ketones is 1. The molecule has 0 fully saturated rings. The van der Waals surface area contributed by atoms with Crippen LogP contribution in [-0.2, 0) is 11.2 Å². The molecule has 0 spiro atoms. The molecule has 0 saturated carbocycles. The Morgan fingerprint density at radius 2 is 2.31 bits per heavy atom. The quantitative estimate of drug-likeness (QED) is 0.755. The largest absolute Gasteiger partial charge is 0.398 e. The molecule has 1 aromatic heterocycles. The van der Waals surface area contributed by atoms with Crippen LogP contribution >= 0.6 is 0 Å². The lowest BCUT2D eigenvalue weighted by Crippen LogP contribution is -2.16. The van der Waals surface area contributed by atoms with Gasteiger partial charge in [0.1, 0.15) is 5.78 Å². The first-order valence-corrected chi connectivity index (χ1v) is 5.56. The van der Waals surface area contributed by atoms with Gasteiger partial charge in [0.15, 0.2) is 0 Å². The average molecular weight is 221 g/mol. The van der Waals surface area contributed by atoms with E-state index in [1.807, 2.05) is 6.92 Å². The molecule has 0 bridgehead atoms. The van der Waals surface area contributed by atoms with Crippen LogP contribution in [0.25, 0.3) is 0 Å². The van der Waals surface area contributed by atoms with Crippen LogP contribution in [-0.4, -0.2) is 17.3 Å². The Balaban J connectivity index is 2.54. The predicted octanol–water partition coefficient (Wildman–Crippen LogP) is 1.15. The minimum absolute atomic E-state index is 0.0446. The van der Waals surface area contributed by atoms with Gasteiger partial charge in [-0.25, -0.2) is 0 Å². The molecule has 0 aliphatic rings. The third-order valence-electron chi connectivity index (χ3n) is 2.70. The standard InChI is InChI=1S/C12H19N3O/c1-9(3-2-5-13)12(16)7-10-8-15-6-4-11(10)14/h4,6,8-9H,2-3,5,7,13H2,1H3,(H2,14,15). The van der Waals surface area contributed by atoms with Crippen molar-refractivity contribution >= 4 is 11.5 Å². The van der Waals surface area contributed by atoms with Crippen LogP contribution in [0.4, 0.5) is 5.69 Å². The third-order valence-corrected chi connectivity index (χ3v) is 2.70. The number of aromatic nitrogens is 1. The highest BCUT2D eigenvalue weighted by Gasteiger charge is 2.14. The van der Waals surface area contributed by atoms with Gasteiger partial charge in [0.25, 0.3) is 0 Å². The third kappa shape index (κ3) is 3.62. The number of hydrogen-bond donors (Lipinski definition) is 2. The van der Waals surface area contributed by atoms with E-state index in [1.165, 1.54) is 0 Å². The number of carbonyl (C=O) groups excluding carboxylic acids is 1. The second-order valence-electron chi connectivity index (χ2n) is 4.05. The van der Waals surface area contributed by atoms with E-state index >= 15 is 0 Å². The Kier molecular flexibility index (Phi) is 4.92. The summed E-state index contributed by atoms with van der Waals surface area (Å²) in [7, 11) is 0. The summed E-state index contributed by atoms with van der Waals surface area (Å²) in [6, 6.07) is 1.72. The summed E-state index contributed by atoms with van der Waals surface area (Å²) in [6.45, 7) is 2.57.